The van der Waals surface area contributed by atoms with Gasteiger partial charge >= 0.3 is 0 Å². The first-order valence-electron chi connectivity index (χ1n) is 10.6. The molecular weight excluding hydrogens is 356 g/mol. The van der Waals surface area contributed by atoms with E-state index in [1.807, 2.05) is 4.90 Å². The molecule has 2 amide bonds. The Hall–Kier alpha value is -1.89. The summed E-state index contributed by atoms with van der Waals surface area (Å²) in [5.74, 6) is 1.91. The third-order valence-corrected chi connectivity index (χ3v) is 7.27. The van der Waals surface area contributed by atoms with E-state index >= 15 is 0 Å². The summed E-state index contributed by atoms with van der Waals surface area (Å²) in [5, 5.41) is 7.25. The fourth-order valence-electron chi connectivity index (χ4n) is 5.41. The highest BCUT2D eigenvalue weighted by atomic mass is 16.5. The van der Waals surface area contributed by atoms with Gasteiger partial charge in [-0.1, -0.05) is 25.4 Å². The van der Waals surface area contributed by atoms with Crippen molar-refractivity contribution in [3.63, 3.8) is 0 Å². The Labute approximate surface area is 166 Å². The van der Waals surface area contributed by atoms with Gasteiger partial charge in [0, 0.05) is 44.2 Å². The molecule has 0 saturated carbocycles. The van der Waals surface area contributed by atoms with Crippen molar-refractivity contribution in [2.75, 3.05) is 32.7 Å². The van der Waals surface area contributed by atoms with E-state index < -0.39 is 0 Å². The predicted octanol–water partition coefficient (Wildman–Crippen LogP) is 1.99. The van der Waals surface area contributed by atoms with Crippen molar-refractivity contribution in [1.29, 1.82) is 0 Å². The van der Waals surface area contributed by atoms with Crippen LogP contribution in [0.2, 0.25) is 0 Å². The number of piperidine rings is 1. The van der Waals surface area contributed by atoms with E-state index in [4.69, 9.17) is 4.52 Å². The molecule has 4 rings (SSSR count). The number of aryl methyl sites for hydroxylation is 2. The quantitative estimate of drug-likeness (QED) is 0.853. The van der Waals surface area contributed by atoms with Crippen LogP contribution in [-0.2, 0) is 4.79 Å². The Morgan fingerprint density at radius 2 is 2.04 bits per heavy atom. The van der Waals surface area contributed by atoms with Gasteiger partial charge < -0.3 is 19.6 Å². The zero-order chi connectivity index (χ0) is 20.1. The minimum absolute atomic E-state index is 0.00297. The van der Waals surface area contributed by atoms with Gasteiger partial charge in [0.05, 0.1) is 11.6 Å². The molecule has 7 nitrogen and oxygen atoms in total. The summed E-state index contributed by atoms with van der Waals surface area (Å²) in [6, 6.07) is 0. The van der Waals surface area contributed by atoms with Crippen molar-refractivity contribution >= 4 is 11.8 Å². The lowest BCUT2D eigenvalue weighted by Gasteiger charge is -2.42. The zero-order valence-corrected chi connectivity index (χ0v) is 17.5. The maximum absolute atomic E-state index is 12.9. The van der Waals surface area contributed by atoms with Gasteiger partial charge in [0.1, 0.15) is 11.3 Å². The summed E-state index contributed by atoms with van der Waals surface area (Å²) in [6.07, 6.45) is 2.82. The van der Waals surface area contributed by atoms with Gasteiger partial charge in [-0.05, 0) is 32.6 Å². The van der Waals surface area contributed by atoms with Crippen LogP contribution in [0, 0.1) is 31.6 Å². The summed E-state index contributed by atoms with van der Waals surface area (Å²) in [4.78, 5) is 30.0. The normalized spacial score (nSPS) is 27.9. The molecule has 0 bridgehead atoms. The lowest BCUT2D eigenvalue weighted by atomic mass is 9.75. The van der Waals surface area contributed by atoms with Gasteiger partial charge in [0.25, 0.3) is 5.91 Å². The van der Waals surface area contributed by atoms with Gasteiger partial charge in [0.15, 0.2) is 0 Å². The molecule has 1 aromatic rings. The molecule has 0 unspecified atom stereocenters. The van der Waals surface area contributed by atoms with Crippen molar-refractivity contribution < 1.29 is 14.1 Å². The van der Waals surface area contributed by atoms with Gasteiger partial charge in [-0.2, -0.15) is 0 Å². The average molecular weight is 389 g/mol. The molecule has 3 aliphatic rings. The van der Waals surface area contributed by atoms with Crippen LogP contribution < -0.4 is 5.32 Å². The Morgan fingerprint density at radius 1 is 1.32 bits per heavy atom. The fourth-order valence-corrected chi connectivity index (χ4v) is 5.41. The Balaban J connectivity index is 1.44. The molecule has 0 aromatic carbocycles. The highest BCUT2D eigenvalue weighted by Gasteiger charge is 2.57. The summed E-state index contributed by atoms with van der Waals surface area (Å²) in [5.41, 5.74) is 1.08. The molecule has 7 heteroatoms. The lowest BCUT2D eigenvalue weighted by Crippen LogP contribution is -2.56. The topological polar surface area (TPSA) is 78.7 Å². The Kier molecular flexibility index (Phi) is 4.98. The van der Waals surface area contributed by atoms with Gasteiger partial charge in [-0.3, -0.25) is 9.59 Å². The Bertz CT molecular complexity index is 746. The van der Waals surface area contributed by atoms with Crippen LogP contribution >= 0.6 is 0 Å². The maximum atomic E-state index is 12.9. The van der Waals surface area contributed by atoms with Crippen LogP contribution in [0.25, 0.3) is 0 Å². The number of carbonyl (C=O) groups excluding carboxylic acids is 2. The summed E-state index contributed by atoms with van der Waals surface area (Å²) >= 11 is 0. The standard InChI is InChI=1S/C21H32N4O3/c1-5-13(2)10-24-11-16-17(12-24)21(22-19(16)26)6-8-25(9-7-21)20(27)18-14(3)23-28-15(18)4/h13,16-17H,5-12H2,1-4H3,(H,22,26)/t13-,16+,17-/m0/s1. The van der Waals surface area contributed by atoms with Crippen molar-refractivity contribution in [3.8, 4) is 0 Å². The van der Waals surface area contributed by atoms with Crippen molar-refractivity contribution in [3.05, 3.63) is 17.0 Å². The van der Waals surface area contributed by atoms with Crippen LogP contribution in [0.4, 0.5) is 0 Å². The van der Waals surface area contributed by atoms with Crippen LogP contribution in [0.3, 0.4) is 0 Å². The number of amides is 2. The number of fused-ring (bicyclic) bond motifs is 2. The van der Waals surface area contributed by atoms with E-state index in [9.17, 15) is 9.59 Å². The smallest absolute Gasteiger partial charge is 0.259 e. The van der Waals surface area contributed by atoms with Gasteiger partial charge in [0.2, 0.25) is 5.91 Å². The third kappa shape index (κ3) is 3.13. The van der Waals surface area contributed by atoms with Crippen LogP contribution in [0.5, 0.6) is 0 Å². The van der Waals surface area contributed by atoms with Crippen LogP contribution in [-0.4, -0.2) is 65.0 Å². The van der Waals surface area contributed by atoms with E-state index in [0.717, 1.165) is 32.5 Å². The molecule has 3 saturated heterocycles. The number of rotatable bonds is 4. The van der Waals surface area contributed by atoms with E-state index in [0.29, 0.717) is 41.9 Å². The molecule has 3 atom stereocenters. The fraction of sp³-hybridized carbons (Fsp3) is 0.762. The minimum Gasteiger partial charge on any atom is -0.361 e. The second-order valence-electron chi connectivity index (χ2n) is 9.08. The number of hydrogen-bond donors (Lipinski definition) is 1. The maximum Gasteiger partial charge on any atom is 0.259 e. The van der Waals surface area contributed by atoms with Crippen LogP contribution in [0.15, 0.2) is 4.52 Å². The molecule has 1 N–H and O–H groups in total. The van der Waals surface area contributed by atoms with Crippen molar-refractivity contribution in [2.45, 2.75) is 52.5 Å². The average Bonchev–Trinajstić information content (AvgIpc) is 3.31. The van der Waals surface area contributed by atoms with Gasteiger partial charge in [-0.15, -0.1) is 0 Å². The zero-order valence-electron chi connectivity index (χ0n) is 17.5. The van der Waals surface area contributed by atoms with Gasteiger partial charge in [-0.25, -0.2) is 0 Å². The Morgan fingerprint density at radius 3 is 2.64 bits per heavy atom. The number of carbonyl (C=O) groups is 2. The van der Waals surface area contributed by atoms with E-state index in [1.165, 1.54) is 6.42 Å². The highest BCUT2D eigenvalue weighted by molar-refractivity contribution is 5.96. The summed E-state index contributed by atoms with van der Waals surface area (Å²) in [6.45, 7) is 12.4. The molecule has 154 valence electrons. The molecule has 1 aromatic heterocycles. The second-order valence-corrected chi connectivity index (χ2v) is 9.08. The molecular formula is C21H32N4O3. The number of nitrogens with zero attached hydrogens (tertiary/aromatic N) is 3. The molecule has 3 fully saturated rings. The molecule has 4 heterocycles. The SMILES string of the molecule is CC[C@H](C)CN1C[C@H]2C(=O)NC3(CCN(C(=O)c4c(C)noc4C)CC3)[C@H]2C1. The first kappa shape index (κ1) is 19.4. The number of likely N-dealkylation sites (tertiary alicyclic amines) is 2. The monoisotopic (exact) mass is 388 g/mol. The van der Waals surface area contributed by atoms with E-state index in [2.05, 4.69) is 29.2 Å². The number of hydrogen-bond acceptors (Lipinski definition) is 5. The molecule has 0 aliphatic carbocycles. The molecule has 1 spiro atoms. The number of nitrogens with one attached hydrogen (secondary N) is 1. The number of aromatic nitrogens is 1. The summed E-state index contributed by atoms with van der Waals surface area (Å²) in [7, 11) is 0. The molecule has 28 heavy (non-hydrogen) atoms. The molecule has 0 radical (unpaired) electrons. The predicted molar refractivity (Wildman–Crippen MR) is 105 cm³/mol. The van der Waals surface area contributed by atoms with Crippen molar-refractivity contribution in [1.82, 2.24) is 20.3 Å². The summed E-state index contributed by atoms with van der Waals surface area (Å²) < 4.78 is 5.16. The minimum atomic E-state index is -0.151. The van der Waals surface area contributed by atoms with E-state index in [1.54, 1.807) is 13.8 Å². The first-order chi connectivity index (χ1) is 13.3. The first-order valence-corrected chi connectivity index (χ1v) is 10.6. The third-order valence-electron chi connectivity index (χ3n) is 7.27. The van der Waals surface area contributed by atoms with E-state index in [-0.39, 0.29) is 23.3 Å². The molecule has 3 aliphatic heterocycles. The van der Waals surface area contributed by atoms with Crippen molar-refractivity contribution in [2.24, 2.45) is 17.8 Å². The second kappa shape index (κ2) is 7.17. The highest BCUT2D eigenvalue weighted by Crippen LogP contribution is 2.44. The largest absolute Gasteiger partial charge is 0.361 e. The lowest BCUT2D eigenvalue weighted by molar-refractivity contribution is -0.123. The van der Waals surface area contributed by atoms with Crippen LogP contribution in [0.1, 0.15) is 54.9 Å².